The number of aromatic nitrogens is 2. The van der Waals surface area contributed by atoms with Crippen LogP contribution in [0, 0.1) is 24.4 Å². The molecule has 0 bridgehead atoms. The molecule has 1 atom stereocenters. The van der Waals surface area contributed by atoms with E-state index in [0.29, 0.717) is 17.7 Å². The number of nitrogens with two attached hydrogens (primary N) is 1. The van der Waals surface area contributed by atoms with E-state index in [1.807, 2.05) is 0 Å². The second-order valence-corrected chi connectivity index (χ2v) is 8.58. The predicted molar refractivity (Wildman–Crippen MR) is 136 cm³/mol. The number of benzene rings is 3. The molecule has 0 aliphatic carbocycles. The summed E-state index contributed by atoms with van der Waals surface area (Å²) in [7, 11) is 1.29. The number of halogens is 3. The van der Waals surface area contributed by atoms with E-state index in [9.17, 15) is 18.4 Å². The summed E-state index contributed by atoms with van der Waals surface area (Å²) in [6, 6.07) is 13.7. The minimum Gasteiger partial charge on any atom is -0.494 e. The topological polar surface area (TPSA) is 79.2 Å². The molecule has 1 aromatic heterocycles. The molecule has 2 N–H and O–H groups in total. The summed E-state index contributed by atoms with van der Waals surface area (Å²) in [5, 5.41) is 0. The van der Waals surface area contributed by atoms with Crippen LogP contribution in [0.25, 0.3) is 11.1 Å². The van der Waals surface area contributed by atoms with Crippen molar-refractivity contribution in [1.82, 2.24) is 9.13 Å². The summed E-state index contributed by atoms with van der Waals surface area (Å²) in [5.74, 6) is -2.60. The number of hydrogen-bond acceptors (Lipinski definition) is 4. The number of nitrogen functional groups attached to an aromatic ring is 1. The summed E-state index contributed by atoms with van der Waals surface area (Å²) >= 11 is 0. The molecule has 3 aromatic carbocycles. The molecule has 192 valence electrons. The summed E-state index contributed by atoms with van der Waals surface area (Å²) < 4.78 is 51.7. The van der Waals surface area contributed by atoms with Gasteiger partial charge >= 0.3 is 5.69 Å². The van der Waals surface area contributed by atoms with Gasteiger partial charge in [0.05, 0.1) is 25.3 Å². The lowest BCUT2D eigenvalue weighted by Gasteiger charge is -2.24. The normalized spacial score (nSPS) is 11.9. The SMILES string of the molecule is CCC(c1ccccc1N)n1c(=O)c(-c2cccc(OC)c2F)c(C)n(Cc2c(F)cccc2F)c1=O. The molecule has 6 nitrogen and oxygen atoms in total. The molecular weight excluding hydrogens is 483 g/mol. The van der Waals surface area contributed by atoms with Gasteiger partial charge in [-0.25, -0.2) is 18.0 Å². The zero-order chi connectivity index (χ0) is 26.9. The fourth-order valence-electron chi connectivity index (χ4n) is 4.60. The molecule has 0 amide bonds. The molecular formula is C28H26F3N3O3. The highest BCUT2D eigenvalue weighted by molar-refractivity contribution is 5.67. The van der Waals surface area contributed by atoms with Crippen LogP contribution in [0.3, 0.4) is 0 Å². The zero-order valence-electron chi connectivity index (χ0n) is 20.6. The van der Waals surface area contributed by atoms with E-state index in [2.05, 4.69) is 0 Å². The van der Waals surface area contributed by atoms with Crippen molar-refractivity contribution in [3.63, 3.8) is 0 Å². The summed E-state index contributed by atoms with van der Waals surface area (Å²) in [6.07, 6.45) is 0.292. The minimum absolute atomic E-state index is 0.0527. The molecule has 0 spiro atoms. The quantitative estimate of drug-likeness (QED) is 0.354. The van der Waals surface area contributed by atoms with Crippen LogP contribution in [0.1, 0.15) is 36.2 Å². The summed E-state index contributed by atoms with van der Waals surface area (Å²) in [6.45, 7) is 2.70. The largest absolute Gasteiger partial charge is 0.494 e. The molecule has 0 fully saturated rings. The number of methoxy groups -OCH3 is 1. The Morgan fingerprint density at radius 2 is 1.59 bits per heavy atom. The number of nitrogens with zero attached hydrogens (tertiary/aromatic N) is 2. The molecule has 1 unspecified atom stereocenters. The third-order valence-electron chi connectivity index (χ3n) is 6.52. The van der Waals surface area contributed by atoms with Crippen molar-refractivity contribution in [2.24, 2.45) is 0 Å². The second-order valence-electron chi connectivity index (χ2n) is 8.58. The van der Waals surface area contributed by atoms with Crippen molar-refractivity contribution >= 4 is 5.69 Å². The molecule has 0 saturated heterocycles. The van der Waals surface area contributed by atoms with Gasteiger partial charge in [0.2, 0.25) is 0 Å². The highest BCUT2D eigenvalue weighted by atomic mass is 19.1. The average Bonchev–Trinajstić information content (AvgIpc) is 2.87. The van der Waals surface area contributed by atoms with Gasteiger partial charge < -0.3 is 10.5 Å². The molecule has 0 aliphatic rings. The predicted octanol–water partition coefficient (Wildman–Crippen LogP) is 5.04. The molecule has 0 radical (unpaired) electrons. The van der Waals surface area contributed by atoms with Crippen LogP contribution in [0.2, 0.25) is 0 Å². The zero-order valence-corrected chi connectivity index (χ0v) is 20.6. The van der Waals surface area contributed by atoms with Crippen molar-refractivity contribution in [2.45, 2.75) is 32.9 Å². The number of hydrogen-bond donors (Lipinski definition) is 1. The molecule has 4 rings (SSSR count). The van der Waals surface area contributed by atoms with Crippen LogP contribution >= 0.6 is 0 Å². The van der Waals surface area contributed by atoms with Crippen LogP contribution in [0.15, 0.2) is 70.3 Å². The maximum atomic E-state index is 15.4. The van der Waals surface area contributed by atoms with E-state index in [1.54, 1.807) is 31.2 Å². The monoisotopic (exact) mass is 509 g/mol. The summed E-state index contributed by atoms with van der Waals surface area (Å²) in [4.78, 5) is 27.8. The van der Waals surface area contributed by atoms with Gasteiger partial charge in [0, 0.05) is 22.5 Å². The van der Waals surface area contributed by atoms with Gasteiger partial charge in [-0.3, -0.25) is 13.9 Å². The Morgan fingerprint density at radius 1 is 0.946 bits per heavy atom. The first-order valence-corrected chi connectivity index (χ1v) is 11.7. The molecule has 1 heterocycles. The first-order valence-electron chi connectivity index (χ1n) is 11.7. The van der Waals surface area contributed by atoms with Gasteiger partial charge in [-0.05, 0) is 43.2 Å². The van der Waals surface area contributed by atoms with Crippen molar-refractivity contribution in [3.8, 4) is 16.9 Å². The third kappa shape index (κ3) is 4.52. The Balaban J connectivity index is 2.11. The van der Waals surface area contributed by atoms with Crippen molar-refractivity contribution in [3.05, 3.63) is 116 Å². The third-order valence-corrected chi connectivity index (χ3v) is 6.52. The minimum atomic E-state index is -0.850. The van der Waals surface area contributed by atoms with Crippen LogP contribution in [-0.2, 0) is 6.54 Å². The van der Waals surface area contributed by atoms with Gasteiger partial charge in [-0.15, -0.1) is 0 Å². The van der Waals surface area contributed by atoms with E-state index in [4.69, 9.17) is 10.5 Å². The fraction of sp³-hybridized carbons (Fsp3) is 0.214. The van der Waals surface area contributed by atoms with E-state index in [0.717, 1.165) is 21.3 Å². The van der Waals surface area contributed by atoms with E-state index in [1.165, 1.54) is 38.3 Å². The molecule has 4 aromatic rings. The van der Waals surface area contributed by atoms with Crippen LogP contribution in [-0.4, -0.2) is 16.2 Å². The second kappa shape index (κ2) is 10.4. The van der Waals surface area contributed by atoms with Crippen molar-refractivity contribution < 1.29 is 17.9 Å². The molecule has 9 heteroatoms. The van der Waals surface area contributed by atoms with E-state index < -0.39 is 41.3 Å². The summed E-state index contributed by atoms with van der Waals surface area (Å²) in [5.41, 5.74) is 4.98. The van der Waals surface area contributed by atoms with E-state index in [-0.39, 0.29) is 28.1 Å². The van der Waals surface area contributed by atoms with Crippen molar-refractivity contribution in [2.75, 3.05) is 12.8 Å². The number of para-hydroxylation sites is 1. The van der Waals surface area contributed by atoms with Gasteiger partial charge in [-0.1, -0.05) is 43.3 Å². The lowest BCUT2D eigenvalue weighted by atomic mass is 10.00. The standard InChI is InChI=1S/C28H26F3N3O3/c1-4-23(17-9-5-6-13-22(17)32)34-27(35)25(18-10-7-14-24(37-3)26(18)31)16(2)33(28(34)36)15-19-20(29)11-8-12-21(19)30/h5-14,23H,4,15,32H2,1-3H3. The van der Waals surface area contributed by atoms with Gasteiger partial charge in [0.1, 0.15) is 11.6 Å². The number of rotatable bonds is 7. The van der Waals surface area contributed by atoms with Gasteiger partial charge in [-0.2, -0.15) is 0 Å². The Hall–Kier alpha value is -4.27. The maximum Gasteiger partial charge on any atom is 0.332 e. The average molecular weight is 510 g/mol. The fourth-order valence-corrected chi connectivity index (χ4v) is 4.60. The highest BCUT2D eigenvalue weighted by Crippen LogP contribution is 2.31. The lowest BCUT2D eigenvalue weighted by molar-refractivity contribution is 0.387. The van der Waals surface area contributed by atoms with Crippen LogP contribution < -0.4 is 21.7 Å². The first kappa shape index (κ1) is 25.8. The Kier molecular flexibility index (Phi) is 7.24. The van der Waals surface area contributed by atoms with Crippen molar-refractivity contribution in [1.29, 1.82) is 0 Å². The van der Waals surface area contributed by atoms with E-state index >= 15 is 4.39 Å². The van der Waals surface area contributed by atoms with Crippen LogP contribution in [0.5, 0.6) is 5.75 Å². The molecule has 0 saturated carbocycles. The molecule has 0 aliphatic heterocycles. The van der Waals surface area contributed by atoms with Crippen LogP contribution in [0.4, 0.5) is 18.9 Å². The molecule has 37 heavy (non-hydrogen) atoms. The van der Waals surface area contributed by atoms with Gasteiger partial charge in [0.15, 0.2) is 11.6 Å². The number of anilines is 1. The Morgan fingerprint density at radius 3 is 2.22 bits per heavy atom. The first-order chi connectivity index (χ1) is 17.7. The Bertz CT molecular complexity index is 1570. The maximum absolute atomic E-state index is 15.4. The van der Waals surface area contributed by atoms with Gasteiger partial charge in [0.25, 0.3) is 5.56 Å². The lowest BCUT2D eigenvalue weighted by Crippen LogP contribution is -2.44. The smallest absolute Gasteiger partial charge is 0.332 e. The highest BCUT2D eigenvalue weighted by Gasteiger charge is 2.27. The number of ether oxygens (including phenoxy) is 1. The Labute approximate surface area is 211 Å².